The molecular weight excluding hydrogens is 282 g/mol. The Balaban J connectivity index is 2.17. The number of ether oxygens (including phenoxy) is 2. The largest absolute Gasteiger partial charge is 0.495 e. The van der Waals surface area contributed by atoms with Crippen LogP contribution in [-0.4, -0.2) is 14.2 Å². The molecule has 0 saturated heterocycles. The lowest BCUT2D eigenvalue weighted by atomic mass is 10.2. The molecule has 0 saturated carbocycles. The maximum atomic E-state index is 6.13. The van der Waals surface area contributed by atoms with E-state index in [0.29, 0.717) is 10.8 Å². The van der Waals surface area contributed by atoms with E-state index in [1.165, 1.54) is 9.75 Å². The van der Waals surface area contributed by atoms with Gasteiger partial charge in [-0.2, -0.15) is 0 Å². The van der Waals surface area contributed by atoms with Gasteiger partial charge in [0.2, 0.25) is 0 Å². The summed E-state index contributed by atoms with van der Waals surface area (Å²) < 4.78 is 10.5. The predicted molar refractivity (Wildman–Crippen MR) is 80.9 cm³/mol. The van der Waals surface area contributed by atoms with Crippen LogP contribution in [0.25, 0.3) is 0 Å². The van der Waals surface area contributed by atoms with Crippen LogP contribution in [-0.2, 0) is 6.54 Å². The second-order valence-corrected chi connectivity index (χ2v) is 5.83. The van der Waals surface area contributed by atoms with Crippen LogP contribution in [0.3, 0.4) is 0 Å². The number of thiophene rings is 1. The summed E-state index contributed by atoms with van der Waals surface area (Å²) in [5.41, 5.74) is 0.861. The van der Waals surface area contributed by atoms with Crippen LogP contribution in [0.1, 0.15) is 9.75 Å². The first-order valence-electron chi connectivity index (χ1n) is 5.84. The molecule has 0 aliphatic rings. The fraction of sp³-hybridized carbons (Fsp3) is 0.286. The topological polar surface area (TPSA) is 30.5 Å². The minimum absolute atomic E-state index is 0.563. The number of anilines is 1. The van der Waals surface area contributed by atoms with Crippen LogP contribution in [0.4, 0.5) is 5.69 Å². The van der Waals surface area contributed by atoms with E-state index in [4.69, 9.17) is 21.1 Å². The van der Waals surface area contributed by atoms with Crippen LogP contribution in [0.5, 0.6) is 11.5 Å². The molecule has 2 rings (SSSR count). The first kappa shape index (κ1) is 14.0. The number of hydrogen-bond acceptors (Lipinski definition) is 4. The van der Waals surface area contributed by atoms with Crippen molar-refractivity contribution < 1.29 is 9.47 Å². The number of hydrogen-bond donors (Lipinski definition) is 1. The Morgan fingerprint density at radius 3 is 2.47 bits per heavy atom. The molecule has 5 heteroatoms. The summed E-state index contributed by atoms with van der Waals surface area (Å²) in [4.78, 5) is 2.57. The Morgan fingerprint density at radius 1 is 1.16 bits per heavy atom. The van der Waals surface area contributed by atoms with Crippen LogP contribution in [0.15, 0.2) is 24.3 Å². The maximum absolute atomic E-state index is 6.13. The first-order chi connectivity index (χ1) is 9.13. The number of nitrogens with one attached hydrogen (secondary N) is 1. The van der Waals surface area contributed by atoms with Crippen molar-refractivity contribution in [3.63, 3.8) is 0 Å². The molecule has 1 aromatic heterocycles. The first-order valence-corrected chi connectivity index (χ1v) is 7.04. The molecule has 0 bridgehead atoms. The van der Waals surface area contributed by atoms with E-state index in [9.17, 15) is 0 Å². The average molecular weight is 298 g/mol. The highest BCUT2D eigenvalue weighted by atomic mass is 35.5. The summed E-state index contributed by atoms with van der Waals surface area (Å²) in [6.45, 7) is 2.84. The van der Waals surface area contributed by atoms with Gasteiger partial charge in [-0.05, 0) is 25.1 Å². The van der Waals surface area contributed by atoms with Crippen molar-refractivity contribution in [3.05, 3.63) is 39.0 Å². The smallest absolute Gasteiger partial charge is 0.145 e. The van der Waals surface area contributed by atoms with Gasteiger partial charge in [-0.15, -0.1) is 11.3 Å². The molecule has 0 aliphatic heterocycles. The Labute approximate surface area is 122 Å². The zero-order chi connectivity index (χ0) is 13.8. The monoisotopic (exact) mass is 297 g/mol. The van der Waals surface area contributed by atoms with Gasteiger partial charge in [-0.1, -0.05) is 11.6 Å². The van der Waals surface area contributed by atoms with Gasteiger partial charge < -0.3 is 14.8 Å². The lowest BCUT2D eigenvalue weighted by Crippen LogP contribution is -2.00. The van der Waals surface area contributed by atoms with Crippen LogP contribution in [0, 0.1) is 6.92 Å². The van der Waals surface area contributed by atoms with Crippen LogP contribution >= 0.6 is 22.9 Å². The molecule has 0 radical (unpaired) electrons. The molecule has 1 aromatic carbocycles. The highest BCUT2D eigenvalue weighted by molar-refractivity contribution is 7.11. The quantitative estimate of drug-likeness (QED) is 0.890. The van der Waals surface area contributed by atoms with E-state index in [-0.39, 0.29) is 0 Å². The summed E-state index contributed by atoms with van der Waals surface area (Å²) in [5.74, 6) is 1.32. The van der Waals surface area contributed by atoms with Gasteiger partial charge in [-0.3, -0.25) is 0 Å². The third kappa shape index (κ3) is 3.33. The van der Waals surface area contributed by atoms with Gasteiger partial charge in [0.05, 0.1) is 24.9 Å². The van der Waals surface area contributed by atoms with Crippen molar-refractivity contribution in [2.24, 2.45) is 0 Å². The van der Waals surface area contributed by atoms with Gasteiger partial charge in [-0.25, -0.2) is 0 Å². The summed E-state index contributed by atoms with van der Waals surface area (Å²) in [5, 5.41) is 3.89. The number of aryl methyl sites for hydroxylation is 1. The van der Waals surface area contributed by atoms with E-state index in [1.54, 1.807) is 31.6 Å². The zero-order valence-electron chi connectivity index (χ0n) is 11.1. The minimum Gasteiger partial charge on any atom is -0.495 e. The molecule has 0 aliphatic carbocycles. The van der Waals surface area contributed by atoms with Crippen molar-refractivity contribution >= 4 is 28.6 Å². The van der Waals surface area contributed by atoms with Crippen molar-refractivity contribution in [1.29, 1.82) is 0 Å². The third-order valence-corrected chi connectivity index (χ3v) is 4.02. The minimum atomic E-state index is 0.563. The van der Waals surface area contributed by atoms with Crippen molar-refractivity contribution in [2.45, 2.75) is 13.5 Å². The Kier molecular flexibility index (Phi) is 4.56. The molecular formula is C14H16ClNO2S. The normalized spacial score (nSPS) is 10.3. The summed E-state index contributed by atoms with van der Waals surface area (Å²) in [6.07, 6.45) is 0. The fourth-order valence-corrected chi connectivity index (χ4v) is 2.83. The highest BCUT2D eigenvalue weighted by Gasteiger charge is 2.09. The maximum Gasteiger partial charge on any atom is 0.145 e. The molecule has 0 unspecified atom stereocenters. The molecule has 19 heavy (non-hydrogen) atoms. The molecule has 0 fully saturated rings. The molecule has 0 atom stereocenters. The second kappa shape index (κ2) is 6.17. The fourth-order valence-electron chi connectivity index (χ4n) is 1.76. The van der Waals surface area contributed by atoms with E-state index >= 15 is 0 Å². The number of methoxy groups -OCH3 is 2. The van der Waals surface area contributed by atoms with Crippen molar-refractivity contribution in [2.75, 3.05) is 19.5 Å². The Hall–Kier alpha value is -1.39. The Morgan fingerprint density at radius 2 is 1.89 bits per heavy atom. The van der Waals surface area contributed by atoms with Gasteiger partial charge >= 0.3 is 0 Å². The third-order valence-electron chi connectivity index (χ3n) is 2.72. The molecule has 1 heterocycles. The van der Waals surface area contributed by atoms with Gasteiger partial charge in [0.15, 0.2) is 0 Å². The average Bonchev–Trinajstić information content (AvgIpc) is 2.82. The van der Waals surface area contributed by atoms with Crippen LogP contribution in [0.2, 0.25) is 5.02 Å². The molecule has 0 amide bonds. The molecule has 102 valence electrons. The van der Waals surface area contributed by atoms with Crippen LogP contribution < -0.4 is 14.8 Å². The van der Waals surface area contributed by atoms with Gasteiger partial charge in [0.1, 0.15) is 11.5 Å². The SMILES string of the molecule is COc1cc(OC)c(NCc2ccc(C)s2)cc1Cl. The van der Waals surface area contributed by atoms with E-state index < -0.39 is 0 Å². The Bertz CT molecular complexity index is 569. The standard InChI is InChI=1S/C14H16ClNO2S/c1-9-4-5-10(19-9)8-16-12-6-11(15)13(17-2)7-14(12)18-3/h4-7,16H,8H2,1-3H3. The number of rotatable bonds is 5. The van der Waals surface area contributed by atoms with Gasteiger partial charge in [0.25, 0.3) is 0 Å². The summed E-state index contributed by atoms with van der Waals surface area (Å²) >= 11 is 7.90. The van der Waals surface area contributed by atoms with Gasteiger partial charge in [0, 0.05) is 22.4 Å². The van der Waals surface area contributed by atoms with E-state index in [0.717, 1.165) is 18.0 Å². The number of halogens is 1. The molecule has 1 N–H and O–H groups in total. The molecule has 0 spiro atoms. The number of benzene rings is 1. The molecule has 2 aromatic rings. The lowest BCUT2D eigenvalue weighted by molar-refractivity contribution is 0.395. The van der Waals surface area contributed by atoms with E-state index in [2.05, 4.69) is 24.4 Å². The second-order valence-electron chi connectivity index (χ2n) is 4.05. The van der Waals surface area contributed by atoms with E-state index in [1.807, 2.05) is 6.07 Å². The highest BCUT2D eigenvalue weighted by Crippen LogP contribution is 2.36. The summed E-state index contributed by atoms with van der Waals surface area (Å²) in [7, 11) is 3.21. The van der Waals surface area contributed by atoms with Crippen molar-refractivity contribution in [3.8, 4) is 11.5 Å². The van der Waals surface area contributed by atoms with Crippen molar-refractivity contribution in [1.82, 2.24) is 0 Å². The summed E-state index contributed by atoms with van der Waals surface area (Å²) in [6, 6.07) is 7.83. The molecule has 3 nitrogen and oxygen atoms in total. The predicted octanol–water partition coefficient (Wildman–Crippen LogP) is 4.34. The zero-order valence-corrected chi connectivity index (χ0v) is 12.7. The lowest BCUT2D eigenvalue weighted by Gasteiger charge is -2.13.